The van der Waals surface area contributed by atoms with Crippen LogP contribution in [0, 0.1) is 5.82 Å². The van der Waals surface area contributed by atoms with Crippen molar-refractivity contribution in [2.75, 3.05) is 7.05 Å². The van der Waals surface area contributed by atoms with Crippen LogP contribution in [-0.2, 0) is 6.54 Å². The predicted octanol–water partition coefficient (Wildman–Crippen LogP) is 4.24. The minimum absolute atomic E-state index is 0.215. The van der Waals surface area contributed by atoms with E-state index in [0.717, 1.165) is 21.5 Å². The molecular formula is C17H15FN2S. The Hall–Kier alpha value is -1.91. The lowest BCUT2D eigenvalue weighted by atomic mass is 10.1. The van der Waals surface area contributed by atoms with E-state index in [4.69, 9.17) is 0 Å². The summed E-state index contributed by atoms with van der Waals surface area (Å²) in [6, 6.07) is 16.9. The van der Waals surface area contributed by atoms with Crippen LogP contribution in [0.15, 0.2) is 64.5 Å². The predicted molar refractivity (Wildman–Crippen MR) is 85.0 cm³/mol. The first-order chi connectivity index (χ1) is 10.3. The molecule has 0 aliphatic heterocycles. The Bertz CT molecular complexity index is 774. The molecule has 1 heterocycles. The van der Waals surface area contributed by atoms with Crippen molar-refractivity contribution in [3.8, 4) is 0 Å². The van der Waals surface area contributed by atoms with Crippen LogP contribution in [0.1, 0.15) is 5.56 Å². The lowest BCUT2D eigenvalue weighted by molar-refractivity contribution is 0.602. The average molecular weight is 298 g/mol. The molecule has 1 N–H and O–H groups in total. The zero-order valence-electron chi connectivity index (χ0n) is 11.6. The number of para-hydroxylation sites is 1. The first-order valence-electron chi connectivity index (χ1n) is 6.73. The summed E-state index contributed by atoms with van der Waals surface area (Å²) in [5.74, 6) is -0.215. The van der Waals surface area contributed by atoms with Crippen molar-refractivity contribution in [1.82, 2.24) is 10.3 Å². The molecule has 0 atom stereocenters. The fourth-order valence-corrected chi connectivity index (χ4v) is 3.11. The largest absolute Gasteiger partial charge is 0.316 e. The summed E-state index contributed by atoms with van der Waals surface area (Å²) in [5.41, 5.74) is 2.00. The zero-order valence-corrected chi connectivity index (χ0v) is 12.5. The second kappa shape index (κ2) is 6.24. The smallest absolute Gasteiger partial charge is 0.137 e. The standard InChI is InChI=1S/C17H15FN2S/c1-19-11-13-10-12-6-2-4-8-15(12)20-17(13)21-16-9-5-3-7-14(16)18/h2-10,19H,11H2,1H3. The number of rotatable bonds is 4. The zero-order chi connectivity index (χ0) is 14.7. The van der Waals surface area contributed by atoms with Gasteiger partial charge in [-0.3, -0.25) is 0 Å². The molecule has 0 aliphatic carbocycles. The first-order valence-corrected chi connectivity index (χ1v) is 7.55. The van der Waals surface area contributed by atoms with Crippen molar-refractivity contribution in [2.45, 2.75) is 16.5 Å². The average Bonchev–Trinajstić information content (AvgIpc) is 2.50. The van der Waals surface area contributed by atoms with Gasteiger partial charge in [-0.15, -0.1) is 0 Å². The van der Waals surface area contributed by atoms with Gasteiger partial charge in [0.2, 0.25) is 0 Å². The minimum Gasteiger partial charge on any atom is -0.316 e. The lowest BCUT2D eigenvalue weighted by Gasteiger charge is -2.10. The second-order valence-electron chi connectivity index (χ2n) is 4.71. The molecule has 106 valence electrons. The van der Waals surface area contributed by atoms with Crippen molar-refractivity contribution >= 4 is 22.7 Å². The number of aromatic nitrogens is 1. The third kappa shape index (κ3) is 3.06. The van der Waals surface area contributed by atoms with Gasteiger partial charge in [0.15, 0.2) is 0 Å². The van der Waals surface area contributed by atoms with E-state index in [1.165, 1.54) is 17.8 Å². The van der Waals surface area contributed by atoms with E-state index in [0.29, 0.717) is 11.4 Å². The number of benzene rings is 2. The molecule has 3 rings (SSSR count). The molecule has 0 bridgehead atoms. The molecule has 2 aromatic carbocycles. The van der Waals surface area contributed by atoms with Crippen LogP contribution in [0.4, 0.5) is 4.39 Å². The van der Waals surface area contributed by atoms with E-state index in [1.807, 2.05) is 37.4 Å². The van der Waals surface area contributed by atoms with Gasteiger partial charge in [-0.1, -0.05) is 42.1 Å². The number of pyridine rings is 1. The molecule has 1 aromatic heterocycles. The van der Waals surface area contributed by atoms with Gasteiger partial charge >= 0.3 is 0 Å². The van der Waals surface area contributed by atoms with Gasteiger partial charge < -0.3 is 5.32 Å². The highest BCUT2D eigenvalue weighted by molar-refractivity contribution is 7.99. The van der Waals surface area contributed by atoms with E-state index < -0.39 is 0 Å². The van der Waals surface area contributed by atoms with Crippen LogP contribution in [0.5, 0.6) is 0 Å². The molecule has 2 nitrogen and oxygen atoms in total. The summed E-state index contributed by atoms with van der Waals surface area (Å²) in [7, 11) is 1.90. The number of halogens is 1. The van der Waals surface area contributed by atoms with Crippen LogP contribution < -0.4 is 5.32 Å². The number of nitrogens with one attached hydrogen (secondary N) is 1. The number of hydrogen-bond acceptors (Lipinski definition) is 3. The Morgan fingerprint density at radius 1 is 1.10 bits per heavy atom. The Balaban J connectivity index is 2.07. The third-order valence-corrected chi connectivity index (χ3v) is 4.27. The molecule has 4 heteroatoms. The van der Waals surface area contributed by atoms with Crippen LogP contribution in [-0.4, -0.2) is 12.0 Å². The maximum Gasteiger partial charge on any atom is 0.137 e. The third-order valence-electron chi connectivity index (χ3n) is 3.17. The molecule has 21 heavy (non-hydrogen) atoms. The molecule has 3 aromatic rings. The van der Waals surface area contributed by atoms with E-state index in [9.17, 15) is 4.39 Å². The minimum atomic E-state index is -0.215. The molecule has 0 fully saturated rings. The van der Waals surface area contributed by atoms with Gasteiger partial charge in [0.05, 0.1) is 5.52 Å². The van der Waals surface area contributed by atoms with E-state index in [1.54, 1.807) is 12.1 Å². The molecule has 0 aliphatic rings. The van der Waals surface area contributed by atoms with Crippen LogP contribution in [0.3, 0.4) is 0 Å². The maximum atomic E-state index is 13.8. The SMILES string of the molecule is CNCc1cc2ccccc2nc1Sc1ccccc1F. The number of hydrogen-bond donors (Lipinski definition) is 1. The Morgan fingerprint density at radius 3 is 2.67 bits per heavy atom. The summed E-state index contributed by atoms with van der Waals surface area (Å²) in [4.78, 5) is 5.28. The molecule has 0 saturated carbocycles. The van der Waals surface area contributed by atoms with Gasteiger partial charge in [-0.2, -0.15) is 0 Å². The lowest BCUT2D eigenvalue weighted by Crippen LogP contribution is -2.07. The molecule has 0 radical (unpaired) electrons. The van der Waals surface area contributed by atoms with Crippen LogP contribution in [0.25, 0.3) is 10.9 Å². The maximum absolute atomic E-state index is 13.8. The Kier molecular flexibility index (Phi) is 4.18. The van der Waals surface area contributed by atoms with E-state index in [-0.39, 0.29) is 5.82 Å². The fraction of sp³-hybridized carbons (Fsp3) is 0.118. The summed E-state index contributed by atoms with van der Waals surface area (Å²) >= 11 is 1.37. The van der Waals surface area contributed by atoms with Crippen molar-refractivity contribution in [2.24, 2.45) is 0 Å². The van der Waals surface area contributed by atoms with Gasteiger partial charge in [0.25, 0.3) is 0 Å². The number of nitrogens with zero attached hydrogens (tertiary/aromatic N) is 1. The highest BCUT2D eigenvalue weighted by Crippen LogP contribution is 2.32. The summed E-state index contributed by atoms with van der Waals surface area (Å²) in [5, 5.41) is 5.08. The van der Waals surface area contributed by atoms with Crippen LogP contribution in [0.2, 0.25) is 0 Å². The summed E-state index contributed by atoms with van der Waals surface area (Å²) in [6.45, 7) is 0.703. The number of fused-ring (bicyclic) bond motifs is 1. The molecular weight excluding hydrogens is 283 g/mol. The van der Waals surface area contributed by atoms with Gasteiger partial charge in [-0.25, -0.2) is 9.37 Å². The summed E-state index contributed by atoms with van der Waals surface area (Å²) in [6.07, 6.45) is 0. The highest BCUT2D eigenvalue weighted by Gasteiger charge is 2.10. The monoisotopic (exact) mass is 298 g/mol. The molecule has 0 amide bonds. The highest BCUT2D eigenvalue weighted by atomic mass is 32.2. The molecule has 0 spiro atoms. The van der Waals surface area contributed by atoms with Crippen molar-refractivity contribution in [3.05, 3.63) is 66.0 Å². The van der Waals surface area contributed by atoms with Crippen molar-refractivity contribution < 1.29 is 4.39 Å². The molecule has 0 saturated heterocycles. The normalized spacial score (nSPS) is 11.0. The van der Waals surface area contributed by atoms with Crippen LogP contribution >= 0.6 is 11.8 Å². The summed E-state index contributed by atoms with van der Waals surface area (Å²) < 4.78 is 13.8. The Morgan fingerprint density at radius 2 is 1.86 bits per heavy atom. The Labute approximate surface area is 127 Å². The van der Waals surface area contributed by atoms with E-state index >= 15 is 0 Å². The van der Waals surface area contributed by atoms with Gasteiger partial charge in [0.1, 0.15) is 10.8 Å². The van der Waals surface area contributed by atoms with E-state index in [2.05, 4.69) is 16.4 Å². The first kappa shape index (κ1) is 14.0. The van der Waals surface area contributed by atoms with Crippen molar-refractivity contribution in [3.63, 3.8) is 0 Å². The second-order valence-corrected chi connectivity index (χ2v) is 5.74. The van der Waals surface area contributed by atoms with Gasteiger partial charge in [-0.05, 0) is 36.9 Å². The van der Waals surface area contributed by atoms with Crippen molar-refractivity contribution in [1.29, 1.82) is 0 Å². The quantitative estimate of drug-likeness (QED) is 0.779. The molecule has 0 unspecified atom stereocenters. The topological polar surface area (TPSA) is 24.9 Å². The fourth-order valence-electron chi connectivity index (χ4n) is 2.18. The van der Waals surface area contributed by atoms with Gasteiger partial charge in [0, 0.05) is 16.8 Å².